The van der Waals surface area contributed by atoms with Crippen molar-refractivity contribution in [2.45, 2.75) is 26.4 Å². The standard InChI is InChI=1S/C14H18Cl2N2O/c1-9(2)18(14(19)11-6-17-7-11)8-10-3-4-12(15)13(16)5-10/h3-5,9,11,17H,6-8H2,1-2H3. The molecule has 1 aliphatic rings. The molecule has 1 fully saturated rings. The van der Waals surface area contributed by atoms with Gasteiger partial charge in [-0.05, 0) is 31.5 Å². The molecule has 1 aromatic rings. The van der Waals surface area contributed by atoms with Crippen molar-refractivity contribution in [1.29, 1.82) is 0 Å². The Bertz CT molecular complexity index is 473. The highest BCUT2D eigenvalue weighted by atomic mass is 35.5. The number of rotatable bonds is 4. The first-order valence-corrected chi connectivity index (χ1v) is 7.19. The Hall–Kier alpha value is -0.770. The van der Waals surface area contributed by atoms with E-state index in [4.69, 9.17) is 23.2 Å². The zero-order valence-corrected chi connectivity index (χ0v) is 12.6. The first-order valence-electron chi connectivity index (χ1n) is 6.44. The summed E-state index contributed by atoms with van der Waals surface area (Å²) in [7, 11) is 0. The van der Waals surface area contributed by atoms with E-state index in [0.717, 1.165) is 18.7 Å². The predicted octanol–water partition coefficient (Wildman–Crippen LogP) is 2.95. The van der Waals surface area contributed by atoms with Gasteiger partial charge in [-0.3, -0.25) is 4.79 Å². The molecule has 0 unspecified atom stereocenters. The molecular weight excluding hydrogens is 283 g/mol. The Labute approximate surface area is 123 Å². The molecule has 0 saturated carbocycles. The van der Waals surface area contributed by atoms with Crippen LogP contribution in [0.1, 0.15) is 19.4 Å². The van der Waals surface area contributed by atoms with Crippen LogP contribution in [0.3, 0.4) is 0 Å². The summed E-state index contributed by atoms with van der Waals surface area (Å²) in [4.78, 5) is 14.2. The van der Waals surface area contributed by atoms with Gasteiger partial charge in [0, 0.05) is 25.7 Å². The van der Waals surface area contributed by atoms with Crippen LogP contribution in [0.25, 0.3) is 0 Å². The topological polar surface area (TPSA) is 32.3 Å². The fourth-order valence-electron chi connectivity index (χ4n) is 2.05. The maximum atomic E-state index is 12.4. The Balaban J connectivity index is 2.11. The molecule has 2 rings (SSSR count). The van der Waals surface area contributed by atoms with Crippen molar-refractivity contribution in [3.05, 3.63) is 33.8 Å². The van der Waals surface area contributed by atoms with Gasteiger partial charge in [-0.2, -0.15) is 0 Å². The van der Waals surface area contributed by atoms with Crippen molar-refractivity contribution in [2.24, 2.45) is 5.92 Å². The first kappa shape index (κ1) is 14.6. The van der Waals surface area contributed by atoms with Crippen LogP contribution in [0, 0.1) is 5.92 Å². The van der Waals surface area contributed by atoms with Crippen LogP contribution in [0.5, 0.6) is 0 Å². The highest BCUT2D eigenvalue weighted by Gasteiger charge is 2.30. The second-order valence-electron chi connectivity index (χ2n) is 5.16. The van der Waals surface area contributed by atoms with E-state index in [9.17, 15) is 4.79 Å². The third-order valence-corrected chi connectivity index (χ3v) is 4.11. The number of nitrogens with zero attached hydrogens (tertiary/aromatic N) is 1. The number of hydrogen-bond donors (Lipinski definition) is 1. The fraction of sp³-hybridized carbons (Fsp3) is 0.500. The molecule has 0 spiro atoms. The highest BCUT2D eigenvalue weighted by molar-refractivity contribution is 6.42. The minimum atomic E-state index is 0.116. The van der Waals surface area contributed by atoms with E-state index >= 15 is 0 Å². The summed E-state index contributed by atoms with van der Waals surface area (Å²) in [5, 5.41) is 4.20. The lowest BCUT2D eigenvalue weighted by molar-refractivity contribution is -0.139. The molecule has 3 nitrogen and oxygen atoms in total. The number of halogens is 2. The molecule has 1 aromatic carbocycles. The van der Waals surface area contributed by atoms with Crippen molar-refractivity contribution < 1.29 is 4.79 Å². The van der Waals surface area contributed by atoms with Gasteiger partial charge in [-0.15, -0.1) is 0 Å². The highest BCUT2D eigenvalue weighted by Crippen LogP contribution is 2.24. The number of amides is 1. The average molecular weight is 301 g/mol. The lowest BCUT2D eigenvalue weighted by Crippen LogP contribution is -2.53. The largest absolute Gasteiger partial charge is 0.336 e. The molecule has 1 saturated heterocycles. The van der Waals surface area contributed by atoms with Crippen molar-refractivity contribution in [1.82, 2.24) is 10.2 Å². The SMILES string of the molecule is CC(C)N(Cc1ccc(Cl)c(Cl)c1)C(=O)C1CNC1. The van der Waals surface area contributed by atoms with Gasteiger partial charge in [0.2, 0.25) is 5.91 Å². The molecule has 0 bridgehead atoms. The van der Waals surface area contributed by atoms with E-state index in [1.54, 1.807) is 6.07 Å². The summed E-state index contributed by atoms with van der Waals surface area (Å²) in [5.74, 6) is 0.324. The van der Waals surface area contributed by atoms with E-state index in [0.29, 0.717) is 16.6 Å². The molecular formula is C14H18Cl2N2O. The van der Waals surface area contributed by atoms with Crippen LogP contribution in [0.4, 0.5) is 0 Å². The molecule has 104 valence electrons. The van der Waals surface area contributed by atoms with Crippen molar-refractivity contribution in [3.8, 4) is 0 Å². The molecule has 5 heteroatoms. The lowest BCUT2D eigenvalue weighted by atomic mass is 10.0. The fourth-order valence-corrected chi connectivity index (χ4v) is 2.37. The molecule has 0 radical (unpaired) electrons. The Kier molecular flexibility index (Phi) is 4.71. The van der Waals surface area contributed by atoms with Gasteiger partial charge in [0.15, 0.2) is 0 Å². The van der Waals surface area contributed by atoms with Gasteiger partial charge < -0.3 is 10.2 Å². The molecule has 0 aliphatic carbocycles. The summed E-state index contributed by atoms with van der Waals surface area (Å²) >= 11 is 11.9. The predicted molar refractivity (Wildman–Crippen MR) is 78.5 cm³/mol. The third-order valence-electron chi connectivity index (χ3n) is 3.37. The normalized spacial score (nSPS) is 15.4. The molecule has 0 aromatic heterocycles. The zero-order valence-electron chi connectivity index (χ0n) is 11.1. The molecule has 1 amide bonds. The van der Waals surface area contributed by atoms with Crippen LogP contribution in [0.2, 0.25) is 10.0 Å². The number of carbonyl (C=O) groups excluding carboxylic acids is 1. The van der Waals surface area contributed by atoms with Gasteiger partial charge in [-0.1, -0.05) is 29.3 Å². The molecule has 1 heterocycles. The Morgan fingerprint density at radius 3 is 2.53 bits per heavy atom. The number of benzene rings is 1. The quantitative estimate of drug-likeness (QED) is 0.927. The molecule has 19 heavy (non-hydrogen) atoms. The van der Waals surface area contributed by atoms with Crippen LogP contribution in [0.15, 0.2) is 18.2 Å². The van der Waals surface area contributed by atoms with Gasteiger partial charge >= 0.3 is 0 Å². The number of hydrogen-bond acceptors (Lipinski definition) is 2. The smallest absolute Gasteiger partial charge is 0.228 e. The average Bonchev–Trinajstić information content (AvgIpc) is 2.27. The summed E-state index contributed by atoms with van der Waals surface area (Å²) in [6.07, 6.45) is 0. The molecule has 0 atom stereocenters. The van der Waals surface area contributed by atoms with Crippen LogP contribution in [-0.4, -0.2) is 29.9 Å². The van der Waals surface area contributed by atoms with Gasteiger partial charge in [-0.25, -0.2) is 0 Å². The Morgan fingerprint density at radius 1 is 1.37 bits per heavy atom. The number of carbonyl (C=O) groups is 1. The summed E-state index contributed by atoms with van der Waals surface area (Å²) < 4.78 is 0. The van der Waals surface area contributed by atoms with Crippen molar-refractivity contribution in [2.75, 3.05) is 13.1 Å². The van der Waals surface area contributed by atoms with Crippen LogP contribution in [-0.2, 0) is 11.3 Å². The molecule has 1 aliphatic heterocycles. The maximum absolute atomic E-state index is 12.4. The van der Waals surface area contributed by atoms with E-state index in [2.05, 4.69) is 5.32 Å². The first-order chi connectivity index (χ1) is 8.99. The monoisotopic (exact) mass is 300 g/mol. The van der Waals surface area contributed by atoms with Gasteiger partial charge in [0.1, 0.15) is 0 Å². The van der Waals surface area contributed by atoms with Gasteiger partial charge in [0.05, 0.1) is 16.0 Å². The Morgan fingerprint density at radius 2 is 2.05 bits per heavy atom. The van der Waals surface area contributed by atoms with E-state index in [-0.39, 0.29) is 17.9 Å². The van der Waals surface area contributed by atoms with Crippen LogP contribution >= 0.6 is 23.2 Å². The molecule has 1 N–H and O–H groups in total. The van der Waals surface area contributed by atoms with Gasteiger partial charge in [0.25, 0.3) is 0 Å². The minimum absolute atomic E-state index is 0.116. The minimum Gasteiger partial charge on any atom is -0.336 e. The third kappa shape index (κ3) is 3.41. The zero-order chi connectivity index (χ0) is 14.0. The summed E-state index contributed by atoms with van der Waals surface area (Å²) in [6, 6.07) is 5.68. The lowest BCUT2D eigenvalue weighted by Gasteiger charge is -2.35. The number of nitrogens with one attached hydrogen (secondary N) is 1. The second kappa shape index (κ2) is 6.12. The maximum Gasteiger partial charge on any atom is 0.228 e. The van der Waals surface area contributed by atoms with Crippen molar-refractivity contribution >= 4 is 29.1 Å². The van der Waals surface area contributed by atoms with Crippen molar-refractivity contribution in [3.63, 3.8) is 0 Å². The second-order valence-corrected chi connectivity index (χ2v) is 5.98. The van der Waals surface area contributed by atoms with E-state index in [1.165, 1.54) is 0 Å². The summed E-state index contributed by atoms with van der Waals surface area (Å²) in [5.41, 5.74) is 1.00. The van der Waals surface area contributed by atoms with E-state index < -0.39 is 0 Å². The van der Waals surface area contributed by atoms with E-state index in [1.807, 2.05) is 30.9 Å². The van der Waals surface area contributed by atoms with Crippen LogP contribution < -0.4 is 5.32 Å². The summed E-state index contributed by atoms with van der Waals surface area (Å²) in [6.45, 7) is 6.19.